The molecule has 0 N–H and O–H groups in total. The summed E-state index contributed by atoms with van der Waals surface area (Å²) in [4.78, 5) is 19.5. The fourth-order valence-corrected chi connectivity index (χ4v) is 8.15. The molecule has 0 unspecified atom stereocenters. The van der Waals surface area contributed by atoms with E-state index < -0.39 is 0 Å². The Morgan fingerprint density at radius 2 is 1.29 bits per heavy atom. The molecule has 1 aliphatic rings. The fraction of sp³-hybridized carbons (Fsp3) is 0.216. The van der Waals surface area contributed by atoms with Crippen molar-refractivity contribution in [2.24, 2.45) is 20.0 Å². The first-order valence-corrected chi connectivity index (χ1v) is 19.5. The maximum Gasteiger partial charge on any atom is 0.155 e. The molecule has 1 aliphatic carbocycles. The van der Waals surface area contributed by atoms with E-state index in [-0.39, 0.29) is 5.41 Å². The van der Waals surface area contributed by atoms with Gasteiger partial charge in [0.2, 0.25) is 0 Å². The highest BCUT2D eigenvalue weighted by atomic mass is 14.9. The Hall–Kier alpha value is -6.00. The van der Waals surface area contributed by atoms with Gasteiger partial charge in [-0.3, -0.25) is 9.98 Å². The average molecular weight is 719 g/mol. The Labute approximate surface area is 326 Å². The zero-order chi connectivity index (χ0) is 38.0. The summed E-state index contributed by atoms with van der Waals surface area (Å²) in [5.41, 5.74) is 11.6. The van der Waals surface area contributed by atoms with E-state index in [9.17, 15) is 0 Å². The van der Waals surface area contributed by atoms with Gasteiger partial charge in [-0.1, -0.05) is 171 Å². The number of benzene rings is 6. The Kier molecular flexibility index (Phi) is 11.8. The predicted octanol–water partition coefficient (Wildman–Crippen LogP) is 12.5. The molecule has 0 heterocycles. The summed E-state index contributed by atoms with van der Waals surface area (Å²) in [6.45, 7) is 11.3. The van der Waals surface area contributed by atoms with Crippen molar-refractivity contribution in [3.63, 3.8) is 0 Å². The minimum atomic E-state index is -0.0322. The van der Waals surface area contributed by atoms with Gasteiger partial charge in [-0.2, -0.15) is 0 Å². The first-order valence-electron chi connectivity index (χ1n) is 19.5. The molecule has 0 bridgehead atoms. The highest BCUT2D eigenvalue weighted by Crippen LogP contribution is 2.45. The molecule has 274 valence electrons. The number of aryl methyl sites for hydroxylation is 1. The molecule has 0 aliphatic heterocycles. The van der Waals surface area contributed by atoms with E-state index >= 15 is 0 Å². The molecule has 1 saturated carbocycles. The number of rotatable bonds is 10. The second kappa shape index (κ2) is 17.4. The standard InChI is InChI=1S/C51H50N4/c1-5-16-46-37(2)17-14-22-43(46)36-54-49(52-4)42-27-31-45(32-28-42)51(33-12-7-13-34-51)44-29-25-39(26-30-44)35-53-50(41-19-8-6-9-20-41)55-38(3)47-24-15-21-40-18-10-11-23-48(40)47/h5-6,8-11,14-32H,4,7,12-13,33-36H2,1-3H3/b16-5-,53-50?,54-49?,55-38?. The SMILES string of the molecule is C=NC(=NCc1cccc(C)c1/C=C\C)c1ccc(C2(c3ccc(CN=C(N=C(C)c4cccc5ccccc45)c4ccccc4)cc3)CCCCC2)cc1. The number of amidine groups is 2. The Bertz CT molecular complexity index is 2370. The number of hydrogen-bond donors (Lipinski definition) is 0. The van der Waals surface area contributed by atoms with E-state index in [4.69, 9.17) is 15.0 Å². The molecule has 1 fully saturated rings. The molecule has 0 saturated heterocycles. The summed E-state index contributed by atoms with van der Waals surface area (Å²) in [6.07, 6.45) is 10.2. The lowest BCUT2D eigenvalue weighted by molar-refractivity contribution is 0.346. The molecular formula is C51H50N4. The highest BCUT2D eigenvalue weighted by Gasteiger charge is 2.35. The van der Waals surface area contributed by atoms with E-state index in [1.54, 1.807) is 0 Å². The predicted molar refractivity (Wildman–Crippen MR) is 235 cm³/mol. The van der Waals surface area contributed by atoms with Crippen LogP contribution in [-0.2, 0) is 18.5 Å². The van der Waals surface area contributed by atoms with Gasteiger partial charge in [0.15, 0.2) is 11.7 Å². The summed E-state index contributed by atoms with van der Waals surface area (Å²) in [6, 6.07) is 49.7. The number of allylic oxidation sites excluding steroid dienone is 1. The van der Waals surface area contributed by atoms with Crippen LogP contribution in [0.1, 0.15) is 96.0 Å². The molecule has 0 aromatic heterocycles. The lowest BCUT2D eigenvalue weighted by Crippen LogP contribution is -2.30. The lowest BCUT2D eigenvalue weighted by Gasteiger charge is -2.39. The van der Waals surface area contributed by atoms with Gasteiger partial charge in [0, 0.05) is 27.8 Å². The first kappa shape index (κ1) is 37.3. The minimum Gasteiger partial charge on any atom is -0.261 e. The van der Waals surface area contributed by atoms with Crippen molar-refractivity contribution in [3.8, 4) is 0 Å². The third-order valence-electron chi connectivity index (χ3n) is 11.1. The number of nitrogens with zero attached hydrogens (tertiary/aromatic N) is 4. The van der Waals surface area contributed by atoms with Gasteiger partial charge in [-0.15, -0.1) is 0 Å². The van der Waals surface area contributed by atoms with Crippen LogP contribution in [0.15, 0.2) is 166 Å². The van der Waals surface area contributed by atoms with Crippen LogP contribution >= 0.6 is 0 Å². The maximum atomic E-state index is 5.14. The van der Waals surface area contributed by atoms with E-state index in [2.05, 4.69) is 159 Å². The molecule has 0 spiro atoms. The smallest absolute Gasteiger partial charge is 0.155 e. The minimum absolute atomic E-state index is 0.0322. The van der Waals surface area contributed by atoms with Crippen molar-refractivity contribution >= 4 is 40.9 Å². The summed E-state index contributed by atoms with van der Waals surface area (Å²) in [7, 11) is 0. The van der Waals surface area contributed by atoms with Gasteiger partial charge >= 0.3 is 0 Å². The van der Waals surface area contributed by atoms with Crippen LogP contribution in [0, 0.1) is 6.92 Å². The second-order valence-corrected chi connectivity index (χ2v) is 14.6. The number of hydrogen-bond acceptors (Lipinski definition) is 2. The van der Waals surface area contributed by atoms with Crippen LogP contribution in [0.2, 0.25) is 0 Å². The molecule has 0 radical (unpaired) electrons. The third-order valence-corrected chi connectivity index (χ3v) is 11.1. The Morgan fingerprint density at radius 1 is 0.655 bits per heavy atom. The van der Waals surface area contributed by atoms with E-state index in [0.717, 1.165) is 41.1 Å². The molecule has 4 heteroatoms. The summed E-state index contributed by atoms with van der Waals surface area (Å²) in [5.74, 6) is 1.42. The molecule has 55 heavy (non-hydrogen) atoms. The van der Waals surface area contributed by atoms with Crippen molar-refractivity contribution in [2.45, 2.75) is 71.4 Å². The first-order chi connectivity index (χ1) is 27.0. The quantitative estimate of drug-likeness (QED) is 0.100. The van der Waals surface area contributed by atoms with Crippen molar-refractivity contribution in [3.05, 3.63) is 196 Å². The van der Waals surface area contributed by atoms with Crippen LogP contribution in [0.4, 0.5) is 0 Å². The normalized spacial score (nSPS) is 15.1. The fourth-order valence-electron chi connectivity index (χ4n) is 8.15. The molecule has 7 rings (SSSR count). The van der Waals surface area contributed by atoms with Crippen LogP contribution in [0.3, 0.4) is 0 Å². The highest BCUT2D eigenvalue weighted by molar-refractivity contribution is 6.16. The topological polar surface area (TPSA) is 49.4 Å². The zero-order valence-electron chi connectivity index (χ0n) is 32.4. The monoisotopic (exact) mass is 718 g/mol. The lowest BCUT2D eigenvalue weighted by atomic mass is 9.65. The molecule has 6 aromatic rings. The summed E-state index contributed by atoms with van der Waals surface area (Å²) < 4.78 is 0. The number of aliphatic imine (C=N–C) groups is 4. The van der Waals surface area contributed by atoms with Gasteiger partial charge in [0.25, 0.3) is 0 Å². The third kappa shape index (κ3) is 8.39. The zero-order valence-corrected chi connectivity index (χ0v) is 32.4. The van der Waals surface area contributed by atoms with Crippen LogP contribution < -0.4 is 0 Å². The van der Waals surface area contributed by atoms with Crippen molar-refractivity contribution in [1.29, 1.82) is 0 Å². The Morgan fingerprint density at radius 3 is 2.02 bits per heavy atom. The maximum absolute atomic E-state index is 5.14. The van der Waals surface area contributed by atoms with Gasteiger partial charge in [0.1, 0.15) is 0 Å². The van der Waals surface area contributed by atoms with Crippen molar-refractivity contribution < 1.29 is 0 Å². The van der Waals surface area contributed by atoms with Crippen LogP contribution in [0.5, 0.6) is 0 Å². The molecular weight excluding hydrogens is 669 g/mol. The van der Waals surface area contributed by atoms with E-state index in [1.165, 1.54) is 63.4 Å². The second-order valence-electron chi connectivity index (χ2n) is 14.6. The van der Waals surface area contributed by atoms with Crippen LogP contribution in [0.25, 0.3) is 16.8 Å². The number of fused-ring (bicyclic) bond motifs is 1. The largest absolute Gasteiger partial charge is 0.261 e. The average Bonchev–Trinajstić information content (AvgIpc) is 3.24. The van der Waals surface area contributed by atoms with Crippen molar-refractivity contribution in [1.82, 2.24) is 0 Å². The van der Waals surface area contributed by atoms with Gasteiger partial charge in [-0.25, -0.2) is 9.98 Å². The van der Waals surface area contributed by atoms with Gasteiger partial charge < -0.3 is 0 Å². The van der Waals surface area contributed by atoms with Gasteiger partial charge in [0.05, 0.1) is 13.1 Å². The molecule has 6 aromatic carbocycles. The molecule has 4 nitrogen and oxygen atoms in total. The Balaban J connectivity index is 1.14. The molecule has 0 atom stereocenters. The summed E-state index contributed by atoms with van der Waals surface area (Å²) in [5, 5.41) is 2.41. The van der Waals surface area contributed by atoms with E-state index in [0.29, 0.717) is 18.9 Å². The van der Waals surface area contributed by atoms with Crippen LogP contribution in [-0.4, -0.2) is 24.1 Å². The van der Waals surface area contributed by atoms with Crippen molar-refractivity contribution in [2.75, 3.05) is 0 Å². The molecule has 0 amide bonds. The summed E-state index contributed by atoms with van der Waals surface area (Å²) >= 11 is 0. The van der Waals surface area contributed by atoms with Gasteiger partial charge in [-0.05, 0) is 84.5 Å². The van der Waals surface area contributed by atoms with E-state index in [1.807, 2.05) is 25.1 Å².